The van der Waals surface area contributed by atoms with E-state index in [1.165, 1.54) is 10.7 Å². The van der Waals surface area contributed by atoms with E-state index in [2.05, 4.69) is 41.5 Å². The second-order valence-corrected chi connectivity index (χ2v) is 9.26. The van der Waals surface area contributed by atoms with Gasteiger partial charge in [0.1, 0.15) is 6.54 Å². The molecule has 0 bridgehead atoms. The monoisotopic (exact) mass is 554 g/mol. The fraction of sp³-hybridized carbons (Fsp3) is 0.208. The number of alkyl halides is 2. The molecule has 0 aliphatic heterocycles. The third-order valence-electron chi connectivity index (χ3n) is 5.61. The number of anilines is 1. The Balaban J connectivity index is 1.38. The first-order chi connectivity index (χ1) is 17.3. The summed E-state index contributed by atoms with van der Waals surface area (Å²) < 4.78 is 33.5. The van der Waals surface area contributed by atoms with Crippen molar-refractivity contribution < 1.29 is 13.6 Å². The van der Waals surface area contributed by atoms with Crippen LogP contribution in [0.2, 0.25) is 0 Å². The molecule has 5 rings (SSSR count). The summed E-state index contributed by atoms with van der Waals surface area (Å²) in [7, 11) is 1.73. The topological polar surface area (TPSA) is 95.5 Å². The van der Waals surface area contributed by atoms with Crippen LogP contribution in [0, 0.1) is 6.92 Å². The molecule has 1 N–H and O–H groups in total. The van der Waals surface area contributed by atoms with Gasteiger partial charge in [0.2, 0.25) is 5.91 Å². The number of aromatic nitrogens is 7. The highest BCUT2D eigenvalue weighted by molar-refractivity contribution is 9.10. The van der Waals surface area contributed by atoms with E-state index in [4.69, 9.17) is 0 Å². The smallest absolute Gasteiger partial charge is 0.264 e. The number of nitrogens with zero attached hydrogens (tertiary/aromatic N) is 7. The van der Waals surface area contributed by atoms with E-state index in [0.29, 0.717) is 29.2 Å². The van der Waals surface area contributed by atoms with Crippen molar-refractivity contribution in [3.63, 3.8) is 0 Å². The fourth-order valence-electron chi connectivity index (χ4n) is 4.00. The van der Waals surface area contributed by atoms with Crippen molar-refractivity contribution in [3.8, 4) is 11.3 Å². The molecule has 0 spiro atoms. The zero-order valence-electron chi connectivity index (χ0n) is 19.4. The van der Waals surface area contributed by atoms with Crippen LogP contribution in [-0.2, 0) is 24.9 Å². The maximum absolute atomic E-state index is 13.9. The Bertz CT molecular complexity index is 1550. The molecule has 1 amide bonds. The van der Waals surface area contributed by atoms with Gasteiger partial charge in [0.15, 0.2) is 5.65 Å². The van der Waals surface area contributed by atoms with Crippen molar-refractivity contribution in [1.29, 1.82) is 0 Å². The van der Waals surface area contributed by atoms with Crippen molar-refractivity contribution in [3.05, 3.63) is 76.4 Å². The Morgan fingerprint density at radius 1 is 1.14 bits per heavy atom. The molecule has 184 valence electrons. The van der Waals surface area contributed by atoms with Crippen LogP contribution in [0.15, 0.2) is 59.6 Å². The zero-order chi connectivity index (χ0) is 25.4. The van der Waals surface area contributed by atoms with Crippen molar-refractivity contribution in [2.24, 2.45) is 7.05 Å². The quantitative estimate of drug-likeness (QED) is 0.314. The molecule has 0 unspecified atom stereocenters. The molecule has 0 saturated carbocycles. The number of nitrogens with one attached hydrogen (secondary N) is 1. The highest BCUT2D eigenvalue weighted by Gasteiger charge is 2.22. The standard InChI is InChI=1S/C24H21BrF2N8O/c1-14-22-19(23(26)27)7-20(16-8-28-33(2)11-16)31-24(22)35(32-14)13-21(36)30-18-9-29-34(12-18)10-15-3-5-17(25)6-4-15/h3-9,11-12,23H,10,13H2,1-2H3,(H,30,36). The number of carbonyl (C=O) groups excluding carboxylic acids is 1. The van der Waals surface area contributed by atoms with E-state index < -0.39 is 6.43 Å². The minimum atomic E-state index is -2.73. The van der Waals surface area contributed by atoms with E-state index in [0.717, 1.165) is 10.0 Å². The Labute approximate surface area is 212 Å². The number of pyridine rings is 1. The predicted octanol–water partition coefficient (Wildman–Crippen LogP) is 4.72. The van der Waals surface area contributed by atoms with E-state index in [-0.39, 0.29) is 29.0 Å². The van der Waals surface area contributed by atoms with Gasteiger partial charge in [-0.1, -0.05) is 28.1 Å². The molecular weight excluding hydrogens is 534 g/mol. The van der Waals surface area contributed by atoms with Crippen molar-refractivity contribution in [2.75, 3.05) is 5.32 Å². The van der Waals surface area contributed by atoms with Gasteiger partial charge in [-0.2, -0.15) is 15.3 Å². The Morgan fingerprint density at radius 3 is 2.61 bits per heavy atom. The largest absolute Gasteiger partial charge is 0.322 e. The van der Waals surface area contributed by atoms with Crippen molar-refractivity contribution >= 4 is 38.6 Å². The molecule has 36 heavy (non-hydrogen) atoms. The first-order valence-electron chi connectivity index (χ1n) is 11.0. The maximum Gasteiger partial charge on any atom is 0.264 e. The summed E-state index contributed by atoms with van der Waals surface area (Å²) in [5.74, 6) is -0.380. The summed E-state index contributed by atoms with van der Waals surface area (Å²) >= 11 is 3.41. The number of rotatable bonds is 7. The second kappa shape index (κ2) is 9.61. The average molecular weight is 555 g/mol. The van der Waals surface area contributed by atoms with E-state index in [1.807, 2.05) is 24.3 Å². The Morgan fingerprint density at radius 2 is 1.92 bits per heavy atom. The number of hydrogen-bond donors (Lipinski definition) is 1. The van der Waals surface area contributed by atoms with Gasteiger partial charge < -0.3 is 5.32 Å². The summed E-state index contributed by atoms with van der Waals surface area (Å²) in [6, 6.07) is 9.21. The molecule has 0 atom stereocenters. The average Bonchev–Trinajstić information content (AvgIpc) is 3.54. The maximum atomic E-state index is 13.9. The van der Waals surface area contributed by atoms with Gasteiger partial charge in [-0.25, -0.2) is 18.4 Å². The highest BCUT2D eigenvalue weighted by Crippen LogP contribution is 2.33. The predicted molar refractivity (Wildman–Crippen MR) is 134 cm³/mol. The van der Waals surface area contributed by atoms with Gasteiger partial charge in [0.05, 0.1) is 41.4 Å². The van der Waals surface area contributed by atoms with Gasteiger partial charge in [-0.15, -0.1) is 0 Å². The molecule has 0 radical (unpaired) electrons. The van der Waals surface area contributed by atoms with E-state index >= 15 is 0 Å². The molecule has 4 heterocycles. The van der Waals surface area contributed by atoms with Gasteiger partial charge >= 0.3 is 0 Å². The second-order valence-electron chi connectivity index (χ2n) is 8.34. The molecule has 12 heteroatoms. The minimum Gasteiger partial charge on any atom is -0.322 e. The zero-order valence-corrected chi connectivity index (χ0v) is 20.9. The summed E-state index contributed by atoms with van der Waals surface area (Å²) in [5.41, 5.74) is 2.91. The lowest BCUT2D eigenvalue weighted by atomic mass is 10.1. The van der Waals surface area contributed by atoms with Gasteiger partial charge in [0.25, 0.3) is 6.43 Å². The number of fused-ring (bicyclic) bond motifs is 1. The van der Waals surface area contributed by atoms with Crippen LogP contribution < -0.4 is 5.32 Å². The lowest BCUT2D eigenvalue weighted by molar-refractivity contribution is -0.116. The molecule has 0 aliphatic rings. The normalized spacial score (nSPS) is 11.5. The van der Waals surface area contributed by atoms with E-state index in [9.17, 15) is 13.6 Å². The number of halogens is 3. The lowest BCUT2D eigenvalue weighted by Crippen LogP contribution is -2.19. The number of hydrogen-bond acceptors (Lipinski definition) is 5. The summed E-state index contributed by atoms with van der Waals surface area (Å²) in [4.78, 5) is 17.4. The van der Waals surface area contributed by atoms with Crippen LogP contribution in [-0.4, -0.2) is 40.2 Å². The van der Waals surface area contributed by atoms with Crippen LogP contribution in [0.3, 0.4) is 0 Å². The van der Waals surface area contributed by atoms with Gasteiger partial charge in [-0.05, 0) is 30.7 Å². The third kappa shape index (κ3) is 4.89. The van der Waals surface area contributed by atoms with Crippen LogP contribution in [0.4, 0.5) is 14.5 Å². The van der Waals surface area contributed by atoms with Crippen LogP contribution in [0.1, 0.15) is 23.2 Å². The number of carbonyl (C=O) groups is 1. The molecule has 1 aromatic carbocycles. The molecule has 4 aromatic heterocycles. The molecule has 0 fully saturated rings. The Hall–Kier alpha value is -3.93. The first-order valence-corrected chi connectivity index (χ1v) is 11.8. The van der Waals surface area contributed by atoms with Gasteiger partial charge in [0, 0.05) is 35.0 Å². The van der Waals surface area contributed by atoms with E-state index in [1.54, 1.807) is 48.1 Å². The van der Waals surface area contributed by atoms with Crippen LogP contribution in [0.5, 0.6) is 0 Å². The summed E-state index contributed by atoms with van der Waals surface area (Å²) in [6.45, 7) is 1.97. The molecule has 9 nitrogen and oxygen atoms in total. The first kappa shape index (κ1) is 23.8. The molecular formula is C24H21BrF2N8O. The highest BCUT2D eigenvalue weighted by atomic mass is 79.9. The van der Waals surface area contributed by atoms with Gasteiger partial charge in [-0.3, -0.25) is 14.2 Å². The summed E-state index contributed by atoms with van der Waals surface area (Å²) in [6.07, 6.45) is 3.79. The van der Waals surface area contributed by atoms with Crippen LogP contribution >= 0.6 is 15.9 Å². The molecule has 5 aromatic rings. The number of aryl methyl sites for hydroxylation is 2. The fourth-order valence-corrected chi connectivity index (χ4v) is 4.26. The molecule has 0 aliphatic carbocycles. The Kier molecular flexibility index (Phi) is 6.35. The SMILES string of the molecule is Cc1nn(CC(=O)Nc2cnn(Cc3ccc(Br)cc3)c2)c2nc(-c3cnn(C)c3)cc(C(F)F)c12. The number of benzene rings is 1. The number of amides is 1. The molecule has 0 saturated heterocycles. The summed E-state index contributed by atoms with van der Waals surface area (Å²) in [5, 5.41) is 15.8. The lowest BCUT2D eigenvalue weighted by Gasteiger charge is -2.08. The third-order valence-corrected chi connectivity index (χ3v) is 6.14. The van der Waals surface area contributed by atoms with Crippen molar-refractivity contribution in [2.45, 2.75) is 26.4 Å². The van der Waals surface area contributed by atoms with Crippen molar-refractivity contribution in [1.82, 2.24) is 34.3 Å². The minimum absolute atomic E-state index is 0.183. The van der Waals surface area contributed by atoms with Crippen LogP contribution in [0.25, 0.3) is 22.3 Å².